The number of esters is 2. The summed E-state index contributed by atoms with van der Waals surface area (Å²) in [5.74, 6) is -3.39. The van der Waals surface area contributed by atoms with Crippen LogP contribution in [0.25, 0.3) is 0 Å². The number of carbonyl (C=O) groups excluding carboxylic acids is 2. The van der Waals surface area contributed by atoms with Crippen molar-refractivity contribution in [2.75, 3.05) is 13.2 Å². The smallest absolute Gasteiger partial charge is 0.463 e. The molecule has 0 unspecified atom stereocenters. The van der Waals surface area contributed by atoms with Crippen LogP contribution in [0, 0.1) is 5.92 Å². The topological polar surface area (TPSA) is 107 Å². The number of halogens is 2. The van der Waals surface area contributed by atoms with E-state index in [1.807, 2.05) is 0 Å². The third kappa shape index (κ3) is 5.20. The minimum Gasteiger partial charge on any atom is -0.463 e. The fraction of sp³-hybridized carbons (Fsp3) is 0.818. The maximum absolute atomic E-state index is 12.8. The molecule has 122 valence electrons. The van der Waals surface area contributed by atoms with Crippen LogP contribution in [0.5, 0.6) is 0 Å². The molecular formula is C11H16F2O7S. The number of ether oxygens (including phenoxy) is 2. The van der Waals surface area contributed by atoms with E-state index in [1.54, 1.807) is 0 Å². The molecule has 0 aromatic carbocycles. The van der Waals surface area contributed by atoms with E-state index in [4.69, 9.17) is 9.29 Å². The van der Waals surface area contributed by atoms with E-state index >= 15 is 0 Å². The lowest BCUT2D eigenvalue weighted by Crippen LogP contribution is -2.39. The number of hydrogen-bond acceptors (Lipinski definition) is 6. The Labute approximate surface area is 120 Å². The van der Waals surface area contributed by atoms with Gasteiger partial charge in [-0.1, -0.05) is 19.3 Å². The van der Waals surface area contributed by atoms with Crippen molar-refractivity contribution in [3.05, 3.63) is 0 Å². The highest BCUT2D eigenvalue weighted by Crippen LogP contribution is 2.24. The Balaban J connectivity index is 2.34. The number of carbonyl (C=O) groups is 2. The van der Waals surface area contributed by atoms with E-state index in [9.17, 15) is 26.8 Å². The monoisotopic (exact) mass is 330 g/mol. The molecule has 1 N–H and O–H groups in total. The van der Waals surface area contributed by atoms with Gasteiger partial charge in [-0.2, -0.15) is 17.2 Å². The molecule has 0 amide bonds. The summed E-state index contributed by atoms with van der Waals surface area (Å²) in [6, 6.07) is 0. The van der Waals surface area contributed by atoms with E-state index in [0.717, 1.165) is 32.1 Å². The Kier molecular flexibility index (Phi) is 6.02. The van der Waals surface area contributed by atoms with Gasteiger partial charge in [-0.05, 0) is 18.8 Å². The molecule has 7 nitrogen and oxygen atoms in total. The van der Waals surface area contributed by atoms with Crippen LogP contribution in [-0.2, 0) is 29.2 Å². The van der Waals surface area contributed by atoms with Crippen LogP contribution in [0.3, 0.4) is 0 Å². The van der Waals surface area contributed by atoms with Crippen LogP contribution >= 0.6 is 0 Å². The summed E-state index contributed by atoms with van der Waals surface area (Å²) in [4.78, 5) is 22.0. The maximum Gasteiger partial charge on any atom is 0.465 e. The van der Waals surface area contributed by atoms with Crippen molar-refractivity contribution in [2.24, 2.45) is 5.92 Å². The second-order valence-corrected chi connectivity index (χ2v) is 6.22. The van der Waals surface area contributed by atoms with Crippen molar-refractivity contribution in [3.63, 3.8) is 0 Å². The molecule has 1 aliphatic rings. The molecule has 0 atom stereocenters. The minimum atomic E-state index is -5.94. The van der Waals surface area contributed by atoms with Gasteiger partial charge in [0.2, 0.25) is 0 Å². The van der Waals surface area contributed by atoms with Gasteiger partial charge in [-0.15, -0.1) is 0 Å². The summed E-state index contributed by atoms with van der Waals surface area (Å²) in [5, 5.41) is -5.11. The summed E-state index contributed by atoms with van der Waals surface area (Å²) in [6.45, 7) is -1.04. The van der Waals surface area contributed by atoms with E-state index in [1.165, 1.54) is 0 Å². The van der Waals surface area contributed by atoms with Crippen LogP contribution in [0.15, 0.2) is 0 Å². The van der Waals surface area contributed by atoms with E-state index < -0.39 is 33.9 Å². The molecule has 10 heteroatoms. The molecule has 0 heterocycles. The molecule has 1 aliphatic carbocycles. The Morgan fingerprint density at radius 2 is 1.71 bits per heavy atom. The zero-order chi connectivity index (χ0) is 16.1. The summed E-state index contributed by atoms with van der Waals surface area (Å²) in [7, 11) is -5.94. The molecule has 0 spiro atoms. The highest BCUT2D eigenvalue weighted by atomic mass is 32.2. The fourth-order valence-electron chi connectivity index (χ4n) is 1.92. The Hall–Kier alpha value is -1.29. The molecule has 0 aliphatic heterocycles. The largest absolute Gasteiger partial charge is 0.465 e. The molecule has 1 rings (SSSR count). The molecule has 0 radical (unpaired) electrons. The molecular weight excluding hydrogens is 314 g/mol. The Morgan fingerprint density at radius 1 is 1.14 bits per heavy atom. The van der Waals surface area contributed by atoms with Gasteiger partial charge in [0.15, 0.2) is 6.61 Å². The first-order valence-electron chi connectivity index (χ1n) is 6.32. The molecule has 0 aromatic heterocycles. The Bertz CT molecular complexity index is 483. The first kappa shape index (κ1) is 17.8. The SMILES string of the molecule is O=C(COC(=O)C(F)(F)S(=O)(=O)O)OCC1CCCCC1. The maximum atomic E-state index is 12.8. The average molecular weight is 330 g/mol. The van der Waals surface area contributed by atoms with Gasteiger partial charge < -0.3 is 9.47 Å². The van der Waals surface area contributed by atoms with Crippen molar-refractivity contribution in [3.8, 4) is 0 Å². The number of rotatable bonds is 6. The van der Waals surface area contributed by atoms with Crippen molar-refractivity contribution >= 4 is 22.1 Å². The first-order chi connectivity index (χ1) is 9.64. The minimum absolute atomic E-state index is 0.102. The summed E-state index contributed by atoms with van der Waals surface area (Å²) >= 11 is 0. The van der Waals surface area contributed by atoms with Gasteiger partial charge in [0.05, 0.1) is 6.61 Å². The standard InChI is InChI=1S/C11H16F2O7S/c12-11(13,21(16,17)18)10(15)20-7-9(14)19-6-8-4-2-1-3-5-8/h8H,1-7H2,(H,16,17,18). The third-order valence-electron chi connectivity index (χ3n) is 3.09. The summed E-state index contributed by atoms with van der Waals surface area (Å²) in [5.41, 5.74) is 0. The molecule has 0 saturated heterocycles. The lowest BCUT2D eigenvalue weighted by molar-refractivity contribution is -0.170. The molecule has 1 saturated carbocycles. The van der Waals surface area contributed by atoms with Crippen molar-refractivity contribution in [1.82, 2.24) is 0 Å². The fourth-order valence-corrected chi connectivity index (χ4v) is 2.19. The first-order valence-corrected chi connectivity index (χ1v) is 7.76. The van der Waals surface area contributed by atoms with Gasteiger partial charge in [0.25, 0.3) is 0 Å². The average Bonchev–Trinajstić information content (AvgIpc) is 2.42. The predicted molar refractivity (Wildman–Crippen MR) is 65.0 cm³/mol. The molecule has 0 bridgehead atoms. The summed E-state index contributed by atoms with van der Waals surface area (Å²) in [6.07, 6.45) is 4.96. The second-order valence-electron chi connectivity index (χ2n) is 4.76. The normalized spacial score (nSPS) is 17.3. The predicted octanol–water partition coefficient (Wildman–Crippen LogP) is 1.13. The van der Waals surface area contributed by atoms with Gasteiger partial charge in [0, 0.05) is 0 Å². The van der Waals surface area contributed by atoms with Crippen LogP contribution in [0.1, 0.15) is 32.1 Å². The second kappa shape index (κ2) is 7.12. The molecule has 21 heavy (non-hydrogen) atoms. The quantitative estimate of drug-likeness (QED) is 0.574. The number of hydrogen-bond donors (Lipinski definition) is 1. The van der Waals surface area contributed by atoms with Crippen LogP contribution in [0.2, 0.25) is 0 Å². The van der Waals surface area contributed by atoms with Gasteiger partial charge in [-0.3, -0.25) is 4.55 Å². The zero-order valence-corrected chi connectivity index (χ0v) is 11.9. The summed E-state index contributed by atoms with van der Waals surface area (Å²) < 4.78 is 62.8. The van der Waals surface area contributed by atoms with E-state index in [2.05, 4.69) is 4.74 Å². The lowest BCUT2D eigenvalue weighted by atomic mass is 9.90. The van der Waals surface area contributed by atoms with Crippen LogP contribution in [0.4, 0.5) is 8.78 Å². The van der Waals surface area contributed by atoms with Crippen LogP contribution in [-0.4, -0.2) is 43.4 Å². The van der Waals surface area contributed by atoms with Crippen molar-refractivity contribution in [2.45, 2.75) is 37.4 Å². The molecule has 1 fully saturated rings. The van der Waals surface area contributed by atoms with Gasteiger partial charge >= 0.3 is 27.3 Å². The molecule has 0 aromatic rings. The van der Waals surface area contributed by atoms with Crippen molar-refractivity contribution < 1.29 is 40.8 Å². The van der Waals surface area contributed by atoms with E-state index in [0.29, 0.717) is 0 Å². The highest BCUT2D eigenvalue weighted by Gasteiger charge is 2.54. The van der Waals surface area contributed by atoms with E-state index in [-0.39, 0.29) is 12.5 Å². The van der Waals surface area contributed by atoms with Crippen molar-refractivity contribution in [1.29, 1.82) is 0 Å². The van der Waals surface area contributed by atoms with Crippen LogP contribution < -0.4 is 0 Å². The number of alkyl halides is 2. The lowest BCUT2D eigenvalue weighted by Gasteiger charge is -2.21. The van der Waals surface area contributed by atoms with Gasteiger partial charge in [-0.25, -0.2) is 9.59 Å². The Morgan fingerprint density at radius 3 is 2.24 bits per heavy atom. The van der Waals surface area contributed by atoms with Gasteiger partial charge in [0.1, 0.15) is 0 Å². The highest BCUT2D eigenvalue weighted by molar-refractivity contribution is 7.87. The zero-order valence-electron chi connectivity index (χ0n) is 11.1. The third-order valence-corrected chi connectivity index (χ3v) is 3.90.